The van der Waals surface area contributed by atoms with Gasteiger partial charge in [0, 0.05) is 25.8 Å². The number of methoxy groups -OCH3 is 3. The van der Waals surface area contributed by atoms with Gasteiger partial charge in [-0.2, -0.15) is 0 Å². The first-order chi connectivity index (χ1) is 30.2. The molecule has 0 aliphatic carbocycles. The Morgan fingerprint density at radius 2 is 1.31 bits per heavy atom. The number of morpholine rings is 1. The molecule has 2 aromatic heterocycles. The van der Waals surface area contributed by atoms with Crippen LogP contribution in [0.1, 0.15) is 48.2 Å². The number of aromatic amines is 2. The molecule has 0 radical (unpaired) electrons. The minimum atomic E-state index is -0.943. The number of imidazole rings is 2. The molecule has 0 unspecified atom stereocenters. The summed E-state index contributed by atoms with van der Waals surface area (Å²) in [4.78, 5) is 71.3. The predicted octanol–water partition coefficient (Wildman–Crippen LogP) is 6.32. The number of amides is 4. The lowest BCUT2D eigenvalue weighted by Crippen LogP contribution is -2.50. The molecule has 62 heavy (non-hydrogen) atoms. The molecule has 16 nitrogen and oxygen atoms in total. The van der Waals surface area contributed by atoms with E-state index in [0.29, 0.717) is 36.9 Å². The number of alkyl carbamates (subject to hydrolysis) is 2. The lowest BCUT2D eigenvalue weighted by atomic mass is 9.98. The third-order valence-corrected chi connectivity index (χ3v) is 11.4. The number of H-pyrrole nitrogens is 2. The largest absolute Gasteiger partial charge is 0.453 e. The summed E-state index contributed by atoms with van der Waals surface area (Å²) in [5.41, 5.74) is 6.28. The van der Waals surface area contributed by atoms with E-state index in [-0.39, 0.29) is 31.1 Å². The molecular formula is C46H48N8O8. The second-order valence-corrected chi connectivity index (χ2v) is 15.2. The number of hydrogen-bond acceptors (Lipinski definition) is 10. The van der Waals surface area contributed by atoms with Crippen LogP contribution < -0.4 is 10.6 Å². The number of likely N-dealkylation sites (tertiary alicyclic amines) is 1. The lowest BCUT2D eigenvalue weighted by Gasteiger charge is -2.36. The van der Waals surface area contributed by atoms with Gasteiger partial charge in [-0.15, -0.1) is 0 Å². The number of rotatable bonds is 12. The highest BCUT2D eigenvalue weighted by molar-refractivity contribution is 5.91. The summed E-state index contributed by atoms with van der Waals surface area (Å²) in [6, 6.07) is 27.3. The maximum atomic E-state index is 14.0. The lowest BCUT2D eigenvalue weighted by molar-refractivity contribution is -0.143. The summed E-state index contributed by atoms with van der Waals surface area (Å²) in [5, 5.41) is 7.41. The molecule has 0 bridgehead atoms. The number of nitrogens with one attached hydrogen (secondary N) is 4. The smallest absolute Gasteiger partial charge is 0.407 e. The summed E-state index contributed by atoms with van der Waals surface area (Å²) in [6.45, 7) is 1.51. The van der Waals surface area contributed by atoms with Gasteiger partial charge in [0.15, 0.2) is 0 Å². The fourth-order valence-corrected chi connectivity index (χ4v) is 8.17. The van der Waals surface area contributed by atoms with E-state index in [9.17, 15) is 19.2 Å². The Labute approximate surface area is 357 Å². The fourth-order valence-electron chi connectivity index (χ4n) is 8.17. The van der Waals surface area contributed by atoms with Gasteiger partial charge in [-0.05, 0) is 58.0 Å². The second kappa shape index (κ2) is 18.7. The van der Waals surface area contributed by atoms with Crippen LogP contribution in [0.25, 0.3) is 44.4 Å². The van der Waals surface area contributed by atoms with Crippen molar-refractivity contribution in [3.63, 3.8) is 0 Å². The molecule has 0 saturated carbocycles. The van der Waals surface area contributed by atoms with Crippen LogP contribution in [0.15, 0.2) is 103 Å². The van der Waals surface area contributed by atoms with E-state index in [1.165, 1.54) is 21.3 Å². The van der Waals surface area contributed by atoms with Crippen molar-refractivity contribution in [3.8, 4) is 33.6 Å². The maximum Gasteiger partial charge on any atom is 0.407 e. The maximum absolute atomic E-state index is 14.0. The number of carbonyl (C=O) groups excluding carboxylic acids is 4. The first-order valence-corrected chi connectivity index (χ1v) is 20.4. The Morgan fingerprint density at radius 1 is 0.710 bits per heavy atom. The first kappa shape index (κ1) is 41.7. The number of hydrogen-bond donors (Lipinski definition) is 4. The molecular weight excluding hydrogens is 793 g/mol. The number of nitrogens with zero attached hydrogens (tertiary/aromatic N) is 4. The summed E-state index contributed by atoms with van der Waals surface area (Å²) >= 11 is 0. The van der Waals surface area contributed by atoms with E-state index in [2.05, 4.69) is 79.1 Å². The van der Waals surface area contributed by atoms with Crippen LogP contribution in [0.2, 0.25) is 0 Å². The van der Waals surface area contributed by atoms with Gasteiger partial charge in [0.2, 0.25) is 5.91 Å². The van der Waals surface area contributed by atoms with Crippen molar-refractivity contribution in [1.29, 1.82) is 0 Å². The summed E-state index contributed by atoms with van der Waals surface area (Å²) in [6.07, 6.45) is 3.71. The average molecular weight is 841 g/mol. The van der Waals surface area contributed by atoms with Crippen LogP contribution >= 0.6 is 0 Å². The molecule has 6 aromatic rings. The van der Waals surface area contributed by atoms with Crippen LogP contribution in [0.5, 0.6) is 0 Å². The van der Waals surface area contributed by atoms with E-state index in [0.717, 1.165) is 57.3 Å². The van der Waals surface area contributed by atoms with Gasteiger partial charge in [-0.3, -0.25) is 9.59 Å². The van der Waals surface area contributed by atoms with Gasteiger partial charge in [0.1, 0.15) is 29.8 Å². The molecule has 4 aromatic carbocycles. The quantitative estimate of drug-likeness (QED) is 0.108. The van der Waals surface area contributed by atoms with Crippen molar-refractivity contribution in [2.45, 2.75) is 37.0 Å². The number of benzene rings is 4. The van der Waals surface area contributed by atoms with Crippen LogP contribution in [0.3, 0.4) is 0 Å². The van der Waals surface area contributed by atoms with Crippen LogP contribution in [-0.2, 0) is 28.5 Å². The van der Waals surface area contributed by atoms with Crippen LogP contribution in [-0.4, -0.2) is 114 Å². The molecule has 8 rings (SSSR count). The first-order valence-electron chi connectivity index (χ1n) is 20.4. The molecule has 4 N–H and O–H groups in total. The summed E-state index contributed by atoms with van der Waals surface area (Å²) in [5.74, 6) is 0.735. The number of fused-ring (bicyclic) bond motifs is 1. The molecule has 2 saturated heterocycles. The minimum Gasteiger partial charge on any atom is -0.453 e. The van der Waals surface area contributed by atoms with Gasteiger partial charge in [0.25, 0.3) is 5.91 Å². The van der Waals surface area contributed by atoms with E-state index >= 15 is 0 Å². The van der Waals surface area contributed by atoms with Gasteiger partial charge >= 0.3 is 12.2 Å². The van der Waals surface area contributed by atoms with Crippen molar-refractivity contribution in [3.05, 3.63) is 121 Å². The second-order valence-electron chi connectivity index (χ2n) is 15.2. The van der Waals surface area contributed by atoms with E-state index in [1.54, 1.807) is 34.3 Å². The Balaban J connectivity index is 0.947. The van der Waals surface area contributed by atoms with Crippen molar-refractivity contribution >= 4 is 34.8 Å². The molecule has 4 amide bonds. The topological polar surface area (TPSA) is 193 Å². The zero-order valence-corrected chi connectivity index (χ0v) is 34.6. The number of carbonyl (C=O) groups is 4. The SMILES string of the molecule is COC[C@H](NC(=O)OC)C(=O)N1CCC[C@H]1c1ncc(-c2ccc3cc(-c4ccc(-c5cnc([C@@H]6COCCN6C(=O)[C@@H](NC(=O)OC)c6ccccc6)[nH]5)cc4)ccc3c2)[nH]1. The Morgan fingerprint density at radius 3 is 2.00 bits per heavy atom. The van der Waals surface area contributed by atoms with Gasteiger partial charge in [0.05, 0.1) is 63.9 Å². The molecule has 2 aliphatic rings. The van der Waals surface area contributed by atoms with E-state index < -0.39 is 30.3 Å². The third-order valence-electron chi connectivity index (χ3n) is 11.4. The Bertz CT molecular complexity index is 2540. The standard InChI is InChI=1S/C46H48N8O8/c1-59-26-37(51-45(57)60-2)43(55)53-19-7-10-38(53)41-47-25-36(50-41)34-18-17-32-22-31(15-16-33(32)23-34)28-11-13-29(14-12-28)35-24-48-42(49-35)39-27-62-21-20-54(39)44(56)40(52-46(58)61-3)30-8-5-4-6-9-30/h4-6,8-9,11-18,22-25,37-40H,7,10,19-21,26-27H2,1-3H3,(H,47,50)(H,48,49)(H,51,57)(H,52,58)/t37-,38-,39-,40-/m0/s1. The normalized spacial score (nSPS) is 17.3. The van der Waals surface area contributed by atoms with Crippen molar-refractivity contribution in [2.75, 3.05) is 54.2 Å². The average Bonchev–Trinajstić information content (AvgIpc) is 4.13. The third kappa shape index (κ3) is 8.87. The van der Waals surface area contributed by atoms with E-state index in [4.69, 9.17) is 18.9 Å². The fraction of sp³-hybridized carbons (Fsp3) is 0.304. The van der Waals surface area contributed by atoms with E-state index in [1.807, 2.05) is 30.3 Å². The van der Waals surface area contributed by atoms with Crippen LogP contribution in [0, 0.1) is 0 Å². The molecule has 320 valence electrons. The molecule has 4 atom stereocenters. The summed E-state index contributed by atoms with van der Waals surface area (Å²) in [7, 11) is 4.00. The summed E-state index contributed by atoms with van der Waals surface area (Å²) < 4.78 is 20.5. The molecule has 16 heteroatoms. The monoisotopic (exact) mass is 840 g/mol. The van der Waals surface area contributed by atoms with Crippen molar-refractivity contribution in [2.24, 2.45) is 0 Å². The minimum absolute atomic E-state index is 0.0239. The molecule has 2 aliphatic heterocycles. The molecule has 0 spiro atoms. The van der Waals surface area contributed by atoms with Crippen molar-refractivity contribution < 1.29 is 38.1 Å². The highest BCUT2D eigenvalue weighted by atomic mass is 16.5. The van der Waals surface area contributed by atoms with Gasteiger partial charge < -0.3 is 49.3 Å². The van der Waals surface area contributed by atoms with Crippen molar-refractivity contribution in [1.82, 2.24) is 40.4 Å². The Kier molecular flexibility index (Phi) is 12.6. The predicted molar refractivity (Wildman–Crippen MR) is 229 cm³/mol. The molecule has 2 fully saturated rings. The number of aromatic nitrogens is 4. The highest BCUT2D eigenvalue weighted by Gasteiger charge is 2.38. The van der Waals surface area contributed by atoms with Crippen LogP contribution in [0.4, 0.5) is 9.59 Å². The zero-order chi connectivity index (χ0) is 43.2. The van der Waals surface area contributed by atoms with Gasteiger partial charge in [-0.1, -0.05) is 78.9 Å². The van der Waals surface area contributed by atoms with Gasteiger partial charge in [-0.25, -0.2) is 19.6 Å². The number of ether oxygens (including phenoxy) is 4. The zero-order valence-electron chi connectivity index (χ0n) is 34.6. The molecule has 4 heterocycles. The highest BCUT2D eigenvalue weighted by Crippen LogP contribution is 2.34. The Hall–Kier alpha value is -7.04.